The van der Waals surface area contributed by atoms with Crippen LogP contribution in [0.25, 0.3) is 0 Å². The first-order chi connectivity index (χ1) is 8.51. The molecule has 0 radical (unpaired) electrons. The molecule has 1 spiro atoms. The van der Waals surface area contributed by atoms with Gasteiger partial charge in [-0.2, -0.15) is 0 Å². The van der Waals surface area contributed by atoms with Gasteiger partial charge in [0.05, 0.1) is 30.1 Å². The highest BCUT2D eigenvalue weighted by molar-refractivity contribution is 7.91. The minimum Gasteiger partial charge on any atom is -0.370 e. The van der Waals surface area contributed by atoms with Crippen molar-refractivity contribution in [2.24, 2.45) is 10.7 Å². The van der Waals surface area contributed by atoms with E-state index in [-0.39, 0.29) is 11.5 Å². The van der Waals surface area contributed by atoms with Gasteiger partial charge in [0.2, 0.25) is 0 Å². The second-order valence-electron chi connectivity index (χ2n) is 4.91. The van der Waals surface area contributed by atoms with E-state index >= 15 is 0 Å². The van der Waals surface area contributed by atoms with E-state index < -0.39 is 15.4 Å². The molecule has 3 heterocycles. The van der Waals surface area contributed by atoms with Gasteiger partial charge in [-0.25, -0.2) is 8.42 Å². The van der Waals surface area contributed by atoms with Crippen molar-refractivity contribution in [3.63, 3.8) is 0 Å². The van der Waals surface area contributed by atoms with Gasteiger partial charge in [0, 0.05) is 4.88 Å². The average molecular weight is 285 g/mol. The third-order valence-electron chi connectivity index (χ3n) is 3.65. The molecule has 98 valence electrons. The highest BCUT2D eigenvalue weighted by Crippen LogP contribution is 2.35. The molecule has 3 rings (SSSR count). The normalized spacial score (nSPS) is 30.0. The summed E-state index contributed by atoms with van der Waals surface area (Å²) < 4.78 is 23.5. The molecule has 0 bridgehead atoms. The van der Waals surface area contributed by atoms with E-state index in [2.05, 4.69) is 4.99 Å². The minimum atomic E-state index is -2.94. The molecule has 1 aromatic rings. The average Bonchev–Trinajstić information content (AvgIpc) is 2.97. The summed E-state index contributed by atoms with van der Waals surface area (Å²) >= 11 is 1.65. The second kappa shape index (κ2) is 3.96. The summed E-state index contributed by atoms with van der Waals surface area (Å²) in [6.45, 7) is 1.16. The Hall–Kier alpha value is -1.08. The minimum absolute atomic E-state index is 0.176. The van der Waals surface area contributed by atoms with Crippen molar-refractivity contribution >= 4 is 27.1 Å². The number of nitrogens with zero attached hydrogens (tertiary/aromatic N) is 2. The molecule has 2 N–H and O–H groups in total. The number of hydrogen-bond acceptors (Lipinski definition) is 6. The first kappa shape index (κ1) is 12.0. The van der Waals surface area contributed by atoms with E-state index in [0.717, 1.165) is 0 Å². The third kappa shape index (κ3) is 1.91. The molecule has 0 aromatic carbocycles. The lowest BCUT2D eigenvalue weighted by molar-refractivity contribution is 0.223. The highest BCUT2D eigenvalue weighted by Gasteiger charge is 2.50. The van der Waals surface area contributed by atoms with Crippen LogP contribution in [0, 0.1) is 0 Å². The number of hydrogen-bond donors (Lipinski definition) is 1. The monoisotopic (exact) mass is 285 g/mol. The van der Waals surface area contributed by atoms with Crippen molar-refractivity contribution in [1.82, 2.24) is 4.90 Å². The van der Waals surface area contributed by atoms with Crippen molar-refractivity contribution in [2.45, 2.75) is 18.5 Å². The summed E-state index contributed by atoms with van der Waals surface area (Å²) in [4.78, 5) is 7.41. The lowest BCUT2D eigenvalue weighted by atomic mass is 9.98. The van der Waals surface area contributed by atoms with Crippen LogP contribution in [0.5, 0.6) is 0 Å². The van der Waals surface area contributed by atoms with Gasteiger partial charge in [0.15, 0.2) is 15.8 Å². The van der Waals surface area contributed by atoms with Crippen LogP contribution in [-0.4, -0.2) is 42.9 Å². The summed E-state index contributed by atoms with van der Waals surface area (Å²) in [5, 5.41) is 2.01. The zero-order valence-corrected chi connectivity index (χ0v) is 11.5. The summed E-state index contributed by atoms with van der Waals surface area (Å²) in [6.07, 6.45) is 0.630. The smallest absolute Gasteiger partial charge is 0.192 e. The van der Waals surface area contributed by atoms with Gasteiger partial charge in [-0.05, 0) is 17.9 Å². The fourth-order valence-corrected chi connectivity index (χ4v) is 5.42. The molecule has 0 aliphatic carbocycles. The second-order valence-corrected chi connectivity index (χ2v) is 8.12. The molecule has 1 fully saturated rings. The number of sulfone groups is 1. The van der Waals surface area contributed by atoms with E-state index in [9.17, 15) is 8.42 Å². The number of rotatable bonds is 2. The third-order valence-corrected chi connectivity index (χ3v) is 6.31. The summed E-state index contributed by atoms with van der Waals surface area (Å²) in [5.74, 6) is 0.896. The van der Waals surface area contributed by atoms with E-state index in [0.29, 0.717) is 25.5 Å². The van der Waals surface area contributed by atoms with Crippen LogP contribution in [0.1, 0.15) is 11.3 Å². The lowest BCUT2D eigenvalue weighted by Crippen LogP contribution is -2.51. The van der Waals surface area contributed by atoms with Gasteiger partial charge in [-0.15, -0.1) is 11.3 Å². The fraction of sp³-hybridized carbons (Fsp3) is 0.545. The number of thiophene rings is 1. The van der Waals surface area contributed by atoms with Gasteiger partial charge in [0.25, 0.3) is 0 Å². The molecule has 1 unspecified atom stereocenters. The molecular formula is C11H15N3O2S2. The molecule has 1 aromatic heterocycles. The predicted molar refractivity (Wildman–Crippen MR) is 72.4 cm³/mol. The summed E-state index contributed by atoms with van der Waals surface area (Å²) in [7, 11) is -2.94. The predicted octanol–water partition coefficient (Wildman–Crippen LogP) is 0.436. The van der Waals surface area contributed by atoms with Gasteiger partial charge in [-0.1, -0.05) is 6.07 Å². The van der Waals surface area contributed by atoms with Crippen LogP contribution in [0.2, 0.25) is 0 Å². The zero-order valence-electron chi connectivity index (χ0n) is 9.87. The molecule has 5 nitrogen and oxygen atoms in total. The quantitative estimate of drug-likeness (QED) is 0.855. The molecule has 2 aliphatic rings. The Kier molecular flexibility index (Phi) is 2.63. The van der Waals surface area contributed by atoms with Crippen LogP contribution < -0.4 is 5.73 Å². The van der Waals surface area contributed by atoms with Crippen LogP contribution in [-0.2, 0) is 16.4 Å². The van der Waals surface area contributed by atoms with E-state index in [1.54, 1.807) is 11.3 Å². The Morgan fingerprint density at radius 3 is 3.00 bits per heavy atom. The Labute approximate surface area is 110 Å². The SMILES string of the molecule is NC1=NCC2(CCS(=O)(=O)C2)N1Cc1cccs1. The maximum absolute atomic E-state index is 11.7. The highest BCUT2D eigenvalue weighted by atomic mass is 32.2. The Morgan fingerprint density at radius 2 is 2.39 bits per heavy atom. The lowest BCUT2D eigenvalue weighted by Gasteiger charge is -2.34. The van der Waals surface area contributed by atoms with E-state index in [1.165, 1.54) is 4.88 Å². The topological polar surface area (TPSA) is 75.8 Å². The number of guanidine groups is 1. The molecule has 0 saturated carbocycles. The van der Waals surface area contributed by atoms with Crippen molar-refractivity contribution in [3.8, 4) is 0 Å². The molecule has 18 heavy (non-hydrogen) atoms. The fourth-order valence-electron chi connectivity index (χ4n) is 2.69. The standard InChI is InChI=1S/C11H15N3O2S2/c12-10-13-7-11(3-5-18(15,16)8-11)14(10)6-9-2-1-4-17-9/h1-2,4H,3,5-8H2,(H2,12,13). The van der Waals surface area contributed by atoms with Crippen LogP contribution in [0.3, 0.4) is 0 Å². The summed E-state index contributed by atoms with van der Waals surface area (Å²) in [5.41, 5.74) is 5.53. The zero-order chi connectivity index (χ0) is 12.8. The van der Waals surface area contributed by atoms with Gasteiger partial charge in [-0.3, -0.25) is 4.99 Å². The Balaban J connectivity index is 1.88. The largest absolute Gasteiger partial charge is 0.370 e. The van der Waals surface area contributed by atoms with Crippen molar-refractivity contribution < 1.29 is 8.42 Å². The van der Waals surface area contributed by atoms with Crippen molar-refractivity contribution in [2.75, 3.05) is 18.1 Å². The van der Waals surface area contributed by atoms with Crippen LogP contribution >= 0.6 is 11.3 Å². The van der Waals surface area contributed by atoms with Gasteiger partial charge >= 0.3 is 0 Å². The first-order valence-corrected chi connectivity index (χ1v) is 8.51. The molecule has 1 atom stereocenters. The van der Waals surface area contributed by atoms with Crippen LogP contribution in [0.4, 0.5) is 0 Å². The van der Waals surface area contributed by atoms with E-state index in [1.807, 2.05) is 22.4 Å². The first-order valence-electron chi connectivity index (χ1n) is 5.81. The number of aliphatic imine (C=N–C) groups is 1. The molecular weight excluding hydrogens is 270 g/mol. The van der Waals surface area contributed by atoms with Crippen molar-refractivity contribution in [3.05, 3.63) is 22.4 Å². The van der Waals surface area contributed by atoms with Crippen molar-refractivity contribution in [1.29, 1.82) is 0 Å². The van der Waals surface area contributed by atoms with Crippen LogP contribution in [0.15, 0.2) is 22.5 Å². The maximum atomic E-state index is 11.7. The maximum Gasteiger partial charge on any atom is 0.192 e. The van der Waals surface area contributed by atoms with E-state index in [4.69, 9.17) is 5.73 Å². The molecule has 7 heteroatoms. The van der Waals surface area contributed by atoms with Gasteiger partial charge < -0.3 is 10.6 Å². The molecule has 0 amide bonds. The Morgan fingerprint density at radius 1 is 1.56 bits per heavy atom. The molecule has 2 aliphatic heterocycles. The molecule has 1 saturated heterocycles. The Bertz CT molecular complexity index is 579. The van der Waals surface area contributed by atoms with Gasteiger partial charge in [0.1, 0.15) is 0 Å². The number of nitrogens with two attached hydrogens (primary N) is 1. The summed E-state index contributed by atoms with van der Waals surface area (Å²) in [6, 6.07) is 4.02.